The van der Waals surface area contributed by atoms with Gasteiger partial charge in [0.2, 0.25) is 0 Å². The van der Waals surface area contributed by atoms with E-state index < -0.39 is 5.60 Å². The third kappa shape index (κ3) is 4.51. The first kappa shape index (κ1) is 19.5. The van der Waals surface area contributed by atoms with Crippen LogP contribution in [-0.2, 0) is 17.8 Å². The third-order valence-corrected chi connectivity index (χ3v) is 5.71. The number of ether oxygens (including phenoxy) is 2. The van der Waals surface area contributed by atoms with E-state index in [-0.39, 0.29) is 6.09 Å². The van der Waals surface area contributed by atoms with Crippen molar-refractivity contribution >= 4 is 6.09 Å². The van der Waals surface area contributed by atoms with Crippen molar-refractivity contribution in [3.05, 3.63) is 84.2 Å². The lowest BCUT2D eigenvalue weighted by atomic mass is 10.0. The molecule has 5 rings (SSSR count). The minimum Gasteiger partial charge on any atom is -0.439 e. The maximum absolute atomic E-state index is 12.5. The van der Waals surface area contributed by atoms with Crippen molar-refractivity contribution in [2.45, 2.75) is 25.1 Å². The Balaban J connectivity index is 1.20. The first-order valence-electron chi connectivity index (χ1n) is 10.5. The highest BCUT2D eigenvalue weighted by molar-refractivity contribution is 5.71. The Morgan fingerprint density at radius 2 is 1.74 bits per heavy atom. The molecule has 7 nitrogen and oxygen atoms in total. The van der Waals surface area contributed by atoms with Crippen molar-refractivity contribution < 1.29 is 14.3 Å². The van der Waals surface area contributed by atoms with Gasteiger partial charge in [-0.3, -0.25) is 9.80 Å². The van der Waals surface area contributed by atoms with E-state index in [4.69, 9.17) is 9.47 Å². The Morgan fingerprint density at radius 3 is 2.58 bits per heavy atom. The predicted molar refractivity (Wildman–Crippen MR) is 115 cm³/mol. The van der Waals surface area contributed by atoms with Gasteiger partial charge in [-0.05, 0) is 29.3 Å². The fraction of sp³-hybridized carbons (Fsp3) is 0.292. The molecule has 2 saturated heterocycles. The number of aromatic nitrogens is 2. The molecule has 7 heteroatoms. The van der Waals surface area contributed by atoms with Gasteiger partial charge < -0.3 is 9.47 Å². The molecule has 3 aromatic rings. The smallest absolute Gasteiger partial charge is 0.410 e. The number of nitrogens with zero attached hydrogens (tertiary/aromatic N) is 4. The molecule has 0 saturated carbocycles. The van der Waals surface area contributed by atoms with Crippen LogP contribution in [0, 0.1) is 0 Å². The summed E-state index contributed by atoms with van der Waals surface area (Å²) >= 11 is 0. The number of carbonyl (C=O) groups excluding carboxylic acids is 1. The summed E-state index contributed by atoms with van der Waals surface area (Å²) in [5.41, 5.74) is 1.83. The number of carbonyl (C=O) groups is 1. The lowest BCUT2D eigenvalue weighted by molar-refractivity contribution is 0.0627. The Bertz CT molecular complexity index is 1050. The van der Waals surface area contributed by atoms with Crippen LogP contribution in [0.2, 0.25) is 0 Å². The van der Waals surface area contributed by atoms with E-state index in [9.17, 15) is 4.79 Å². The van der Waals surface area contributed by atoms with Gasteiger partial charge >= 0.3 is 12.1 Å². The predicted octanol–water partition coefficient (Wildman–Crippen LogP) is 3.87. The molecule has 1 spiro atoms. The second-order valence-electron chi connectivity index (χ2n) is 8.13. The minimum absolute atomic E-state index is 0.219. The number of likely N-dealkylation sites (tertiary alicyclic amines) is 1. The molecule has 0 radical (unpaired) electrons. The van der Waals surface area contributed by atoms with Crippen LogP contribution in [0.3, 0.4) is 0 Å². The van der Waals surface area contributed by atoms with Gasteiger partial charge in [-0.15, -0.1) is 0 Å². The molecule has 158 valence electrons. The van der Waals surface area contributed by atoms with Gasteiger partial charge in [0.1, 0.15) is 11.4 Å². The maximum atomic E-state index is 12.5. The van der Waals surface area contributed by atoms with E-state index in [0.717, 1.165) is 37.2 Å². The monoisotopic (exact) mass is 416 g/mol. The zero-order chi connectivity index (χ0) is 21.1. The lowest BCUT2D eigenvalue weighted by Gasteiger charge is -2.22. The van der Waals surface area contributed by atoms with Gasteiger partial charge in [0.15, 0.2) is 0 Å². The largest absolute Gasteiger partial charge is 0.439 e. The highest BCUT2D eigenvalue weighted by Gasteiger charge is 2.49. The summed E-state index contributed by atoms with van der Waals surface area (Å²) in [5.74, 6) is 0.707. The molecule has 2 aliphatic heterocycles. The molecule has 0 unspecified atom stereocenters. The number of hydrogen-bond donors (Lipinski definition) is 0. The first-order valence-corrected chi connectivity index (χ1v) is 10.5. The molecule has 0 N–H and O–H groups in total. The minimum atomic E-state index is -0.419. The van der Waals surface area contributed by atoms with Crippen molar-refractivity contribution in [1.82, 2.24) is 19.8 Å². The average Bonchev–Trinajstić information content (AvgIpc) is 3.31. The number of benzene rings is 2. The SMILES string of the molecule is O=C1O[C@@]2(CCN(Cc3cccc(Oc4ncccn4)c3)C2)CN1Cc1ccccc1. The van der Waals surface area contributed by atoms with Crippen molar-refractivity contribution in [1.29, 1.82) is 0 Å². The summed E-state index contributed by atoms with van der Waals surface area (Å²) < 4.78 is 11.6. The van der Waals surface area contributed by atoms with Gasteiger partial charge in [0.25, 0.3) is 0 Å². The summed E-state index contributed by atoms with van der Waals surface area (Å²) in [7, 11) is 0. The zero-order valence-electron chi connectivity index (χ0n) is 17.2. The third-order valence-electron chi connectivity index (χ3n) is 5.71. The van der Waals surface area contributed by atoms with Crippen molar-refractivity contribution in [2.75, 3.05) is 19.6 Å². The summed E-state index contributed by atoms with van der Waals surface area (Å²) in [6, 6.07) is 20.1. The fourth-order valence-corrected chi connectivity index (χ4v) is 4.30. The Labute approximate surface area is 181 Å². The van der Waals surface area contributed by atoms with E-state index in [1.165, 1.54) is 0 Å². The van der Waals surface area contributed by atoms with E-state index in [1.54, 1.807) is 18.5 Å². The normalized spacial score (nSPS) is 20.9. The second-order valence-corrected chi connectivity index (χ2v) is 8.13. The number of hydrogen-bond acceptors (Lipinski definition) is 6. The van der Waals surface area contributed by atoms with E-state index in [1.807, 2.05) is 53.4 Å². The molecular formula is C24H24N4O3. The number of amides is 1. The van der Waals surface area contributed by atoms with E-state index in [0.29, 0.717) is 24.8 Å². The van der Waals surface area contributed by atoms with Crippen LogP contribution in [0.15, 0.2) is 73.1 Å². The van der Waals surface area contributed by atoms with Crippen molar-refractivity contribution in [3.63, 3.8) is 0 Å². The Kier molecular flexibility index (Phi) is 5.26. The van der Waals surface area contributed by atoms with Crippen LogP contribution in [0.4, 0.5) is 4.79 Å². The summed E-state index contributed by atoms with van der Waals surface area (Å²) in [4.78, 5) is 24.8. The Hall–Kier alpha value is -3.45. The average molecular weight is 416 g/mol. The van der Waals surface area contributed by atoms with Crippen LogP contribution in [0.5, 0.6) is 11.8 Å². The van der Waals surface area contributed by atoms with Gasteiger partial charge in [0.05, 0.1) is 6.54 Å². The molecular weight excluding hydrogens is 392 g/mol. The molecule has 2 aromatic carbocycles. The van der Waals surface area contributed by atoms with Crippen LogP contribution in [-0.4, -0.2) is 51.1 Å². The van der Waals surface area contributed by atoms with Crippen molar-refractivity contribution in [3.8, 4) is 11.8 Å². The van der Waals surface area contributed by atoms with Gasteiger partial charge in [-0.2, -0.15) is 0 Å². The molecule has 0 aliphatic carbocycles. The highest BCUT2D eigenvalue weighted by Crippen LogP contribution is 2.34. The highest BCUT2D eigenvalue weighted by atomic mass is 16.6. The van der Waals surface area contributed by atoms with Gasteiger partial charge in [0, 0.05) is 45.0 Å². The standard InChI is InChI=1S/C24H24N4O3/c29-23-28(16-19-6-2-1-3-7-19)18-24(31-23)10-13-27(17-24)15-20-8-4-9-21(14-20)30-22-25-11-5-12-26-22/h1-9,11-12,14H,10,13,15-18H2/t24-/m1/s1. The first-order chi connectivity index (χ1) is 15.2. The van der Waals surface area contributed by atoms with Crippen LogP contribution >= 0.6 is 0 Å². The molecule has 0 bridgehead atoms. The van der Waals surface area contributed by atoms with Crippen LogP contribution in [0.25, 0.3) is 0 Å². The van der Waals surface area contributed by atoms with E-state index in [2.05, 4.69) is 20.9 Å². The second kappa shape index (κ2) is 8.35. The Morgan fingerprint density at radius 1 is 0.935 bits per heavy atom. The molecule has 2 aliphatic rings. The van der Waals surface area contributed by atoms with Gasteiger partial charge in [-0.1, -0.05) is 42.5 Å². The van der Waals surface area contributed by atoms with Gasteiger partial charge in [-0.25, -0.2) is 14.8 Å². The maximum Gasteiger partial charge on any atom is 0.410 e. The molecule has 1 aromatic heterocycles. The zero-order valence-corrected chi connectivity index (χ0v) is 17.2. The molecule has 3 heterocycles. The lowest BCUT2D eigenvalue weighted by Crippen LogP contribution is -2.37. The van der Waals surface area contributed by atoms with Crippen LogP contribution < -0.4 is 4.74 Å². The number of rotatable bonds is 6. The van der Waals surface area contributed by atoms with E-state index >= 15 is 0 Å². The molecule has 1 amide bonds. The molecule has 1 atom stereocenters. The van der Waals surface area contributed by atoms with Crippen molar-refractivity contribution in [2.24, 2.45) is 0 Å². The summed E-state index contributed by atoms with van der Waals surface area (Å²) in [6.45, 7) is 3.61. The quantitative estimate of drug-likeness (QED) is 0.608. The fourth-order valence-electron chi connectivity index (χ4n) is 4.30. The molecule has 2 fully saturated rings. The van der Waals surface area contributed by atoms with Crippen LogP contribution in [0.1, 0.15) is 17.5 Å². The summed E-state index contributed by atoms with van der Waals surface area (Å²) in [6.07, 6.45) is 3.93. The topological polar surface area (TPSA) is 67.8 Å². The summed E-state index contributed by atoms with van der Waals surface area (Å²) in [5, 5.41) is 0. The molecule has 31 heavy (non-hydrogen) atoms.